The van der Waals surface area contributed by atoms with Crippen molar-refractivity contribution in [3.05, 3.63) is 89.2 Å². The van der Waals surface area contributed by atoms with E-state index in [1.54, 1.807) is 29.4 Å². The third-order valence-electron chi connectivity index (χ3n) is 5.66. The van der Waals surface area contributed by atoms with E-state index in [-0.39, 0.29) is 30.3 Å². The van der Waals surface area contributed by atoms with Crippen LogP contribution in [0.3, 0.4) is 0 Å². The molecule has 0 aliphatic heterocycles. The molecule has 4 aromatic rings. The quantitative estimate of drug-likeness (QED) is 0.319. The number of benzene rings is 2. The number of fused-ring (bicyclic) bond motifs is 1. The number of aryl methyl sites for hydroxylation is 2. The standard InChI is InChI=1S/C26H27N3O3S2/c1-19-14-23-24(15-20(19)2)33-26(28-23)29(17-22-10-6-12-27-16-22)25(30)11-7-13-34(31,32)18-21-8-4-3-5-9-21/h3-6,8-10,12,14-16H,7,11,13,17-18H2,1-2H3. The number of aromatic nitrogens is 2. The van der Waals surface area contributed by atoms with E-state index < -0.39 is 9.84 Å². The van der Waals surface area contributed by atoms with Crippen molar-refractivity contribution in [3.8, 4) is 0 Å². The van der Waals surface area contributed by atoms with Gasteiger partial charge in [0.1, 0.15) is 0 Å². The fraction of sp³-hybridized carbons (Fsp3) is 0.269. The summed E-state index contributed by atoms with van der Waals surface area (Å²) in [4.78, 5) is 23.8. The maximum absolute atomic E-state index is 13.3. The van der Waals surface area contributed by atoms with Crippen LogP contribution in [0.15, 0.2) is 67.0 Å². The molecule has 34 heavy (non-hydrogen) atoms. The Labute approximate surface area is 204 Å². The Morgan fingerprint density at radius 1 is 1.00 bits per heavy atom. The molecule has 0 saturated carbocycles. The largest absolute Gasteiger partial charge is 0.284 e. The van der Waals surface area contributed by atoms with Gasteiger partial charge in [0.15, 0.2) is 15.0 Å². The third kappa shape index (κ3) is 6.07. The molecule has 8 heteroatoms. The number of rotatable bonds is 9. The number of carbonyl (C=O) groups is 1. The summed E-state index contributed by atoms with van der Waals surface area (Å²) in [5.74, 6) is -0.198. The van der Waals surface area contributed by atoms with Crippen LogP contribution >= 0.6 is 11.3 Å². The minimum absolute atomic E-state index is 0.0159. The van der Waals surface area contributed by atoms with Gasteiger partial charge in [-0.2, -0.15) is 0 Å². The molecule has 0 radical (unpaired) electrons. The van der Waals surface area contributed by atoms with Gasteiger partial charge in [0, 0.05) is 18.8 Å². The first-order chi connectivity index (χ1) is 16.3. The van der Waals surface area contributed by atoms with Crippen molar-refractivity contribution < 1.29 is 13.2 Å². The Balaban J connectivity index is 1.50. The molecule has 0 aliphatic rings. The summed E-state index contributed by atoms with van der Waals surface area (Å²) in [6, 6.07) is 17.0. The zero-order valence-electron chi connectivity index (χ0n) is 19.3. The van der Waals surface area contributed by atoms with Gasteiger partial charge in [-0.15, -0.1) is 0 Å². The Bertz CT molecular complexity index is 1350. The smallest absolute Gasteiger partial charge is 0.229 e. The SMILES string of the molecule is Cc1cc2nc(N(Cc3cccnc3)C(=O)CCCS(=O)(=O)Cc3ccccc3)sc2cc1C. The van der Waals surface area contributed by atoms with Crippen molar-refractivity contribution in [1.29, 1.82) is 0 Å². The Morgan fingerprint density at radius 2 is 1.74 bits per heavy atom. The normalized spacial score (nSPS) is 11.6. The Hall–Kier alpha value is -3.10. The zero-order valence-corrected chi connectivity index (χ0v) is 20.9. The minimum atomic E-state index is -3.30. The summed E-state index contributed by atoms with van der Waals surface area (Å²) in [5, 5.41) is 0.612. The average molecular weight is 494 g/mol. The van der Waals surface area contributed by atoms with Crippen molar-refractivity contribution in [2.24, 2.45) is 0 Å². The van der Waals surface area contributed by atoms with Crippen LogP contribution in [0.1, 0.15) is 35.1 Å². The van der Waals surface area contributed by atoms with Gasteiger partial charge in [0.2, 0.25) is 5.91 Å². The summed E-state index contributed by atoms with van der Waals surface area (Å²) < 4.78 is 26.1. The molecule has 2 aromatic carbocycles. The van der Waals surface area contributed by atoms with Crippen LogP contribution in [-0.2, 0) is 26.9 Å². The van der Waals surface area contributed by atoms with Gasteiger partial charge in [-0.25, -0.2) is 13.4 Å². The molecule has 0 aliphatic carbocycles. The number of sulfone groups is 1. The Morgan fingerprint density at radius 3 is 2.47 bits per heavy atom. The summed E-state index contributed by atoms with van der Waals surface area (Å²) in [7, 11) is -3.30. The molecule has 0 N–H and O–H groups in total. The monoisotopic (exact) mass is 493 g/mol. The molecule has 0 bridgehead atoms. The second-order valence-corrected chi connectivity index (χ2v) is 11.6. The van der Waals surface area contributed by atoms with Crippen LogP contribution < -0.4 is 4.90 Å². The van der Waals surface area contributed by atoms with Crippen LogP contribution in [-0.4, -0.2) is 30.0 Å². The van der Waals surface area contributed by atoms with Crippen LogP contribution in [0.5, 0.6) is 0 Å². The average Bonchev–Trinajstić information content (AvgIpc) is 3.20. The van der Waals surface area contributed by atoms with Gasteiger partial charge in [0.25, 0.3) is 0 Å². The van der Waals surface area contributed by atoms with Gasteiger partial charge in [-0.05, 0) is 60.7 Å². The van der Waals surface area contributed by atoms with E-state index >= 15 is 0 Å². The first-order valence-electron chi connectivity index (χ1n) is 11.1. The molecule has 2 heterocycles. The number of pyridine rings is 1. The lowest BCUT2D eigenvalue weighted by molar-refractivity contribution is -0.118. The molecule has 6 nitrogen and oxygen atoms in total. The fourth-order valence-electron chi connectivity index (χ4n) is 3.70. The lowest BCUT2D eigenvalue weighted by Gasteiger charge is -2.20. The highest BCUT2D eigenvalue weighted by atomic mass is 32.2. The molecule has 0 fully saturated rings. The van der Waals surface area contributed by atoms with E-state index in [2.05, 4.69) is 18.0 Å². The Kier molecular flexibility index (Phi) is 7.38. The van der Waals surface area contributed by atoms with Crippen LogP contribution in [0.4, 0.5) is 5.13 Å². The highest BCUT2D eigenvalue weighted by molar-refractivity contribution is 7.90. The highest BCUT2D eigenvalue weighted by Gasteiger charge is 2.22. The maximum atomic E-state index is 13.3. The van der Waals surface area contributed by atoms with E-state index in [4.69, 9.17) is 4.98 Å². The zero-order chi connectivity index (χ0) is 24.1. The summed E-state index contributed by atoms with van der Waals surface area (Å²) in [6.45, 7) is 4.44. The van der Waals surface area contributed by atoms with Crippen molar-refractivity contribution in [1.82, 2.24) is 9.97 Å². The molecule has 176 valence electrons. The molecule has 0 atom stereocenters. The lowest BCUT2D eigenvalue weighted by atomic mass is 10.1. The van der Waals surface area contributed by atoms with Gasteiger partial charge in [-0.3, -0.25) is 14.7 Å². The molecule has 2 aromatic heterocycles. The number of carbonyl (C=O) groups excluding carboxylic acids is 1. The minimum Gasteiger partial charge on any atom is -0.284 e. The first-order valence-corrected chi connectivity index (χ1v) is 13.8. The van der Waals surface area contributed by atoms with Crippen molar-refractivity contribution >= 4 is 42.4 Å². The molecule has 1 amide bonds. The van der Waals surface area contributed by atoms with Gasteiger partial charge >= 0.3 is 0 Å². The van der Waals surface area contributed by atoms with Crippen LogP contribution in [0.2, 0.25) is 0 Å². The van der Waals surface area contributed by atoms with E-state index in [0.717, 1.165) is 26.9 Å². The van der Waals surface area contributed by atoms with E-state index in [1.165, 1.54) is 16.9 Å². The highest BCUT2D eigenvalue weighted by Crippen LogP contribution is 2.32. The molecular weight excluding hydrogens is 466 g/mol. The number of hydrogen-bond donors (Lipinski definition) is 0. The molecule has 0 spiro atoms. The molecular formula is C26H27N3O3S2. The number of thiazole rings is 1. The van der Waals surface area contributed by atoms with Crippen LogP contribution in [0, 0.1) is 13.8 Å². The molecule has 0 saturated heterocycles. The lowest BCUT2D eigenvalue weighted by Crippen LogP contribution is -2.30. The van der Waals surface area contributed by atoms with Gasteiger partial charge in [-0.1, -0.05) is 47.7 Å². The number of nitrogens with zero attached hydrogens (tertiary/aromatic N) is 3. The molecule has 0 unspecified atom stereocenters. The van der Waals surface area contributed by atoms with Crippen molar-refractivity contribution in [2.75, 3.05) is 10.7 Å². The first kappa shape index (κ1) is 24.0. The summed E-state index contributed by atoms with van der Waals surface area (Å²) >= 11 is 1.47. The maximum Gasteiger partial charge on any atom is 0.229 e. The van der Waals surface area contributed by atoms with E-state index in [1.807, 2.05) is 43.3 Å². The number of anilines is 1. The second kappa shape index (κ2) is 10.4. The topological polar surface area (TPSA) is 80.2 Å². The van der Waals surface area contributed by atoms with Crippen LogP contribution in [0.25, 0.3) is 10.2 Å². The van der Waals surface area contributed by atoms with E-state index in [0.29, 0.717) is 11.7 Å². The number of hydrogen-bond acceptors (Lipinski definition) is 6. The predicted octanol–water partition coefficient (Wildman–Crippen LogP) is 5.24. The number of amides is 1. The summed E-state index contributed by atoms with van der Waals surface area (Å²) in [5.41, 5.74) is 4.83. The third-order valence-corrected chi connectivity index (χ3v) is 8.39. The van der Waals surface area contributed by atoms with E-state index in [9.17, 15) is 13.2 Å². The predicted molar refractivity (Wildman–Crippen MR) is 138 cm³/mol. The second-order valence-electron chi connectivity index (χ2n) is 8.42. The van der Waals surface area contributed by atoms with Gasteiger partial charge in [0.05, 0.1) is 28.3 Å². The fourth-order valence-corrected chi connectivity index (χ4v) is 6.19. The van der Waals surface area contributed by atoms with Gasteiger partial charge < -0.3 is 0 Å². The summed E-state index contributed by atoms with van der Waals surface area (Å²) in [6.07, 6.45) is 3.81. The van der Waals surface area contributed by atoms with Crippen molar-refractivity contribution in [2.45, 2.75) is 39.0 Å². The van der Waals surface area contributed by atoms with Crippen molar-refractivity contribution in [3.63, 3.8) is 0 Å². The molecule has 4 rings (SSSR count).